The van der Waals surface area contributed by atoms with Gasteiger partial charge in [-0.25, -0.2) is 0 Å². The highest BCUT2D eigenvalue weighted by atomic mass is 16.3. The predicted molar refractivity (Wildman–Crippen MR) is 86.3 cm³/mol. The summed E-state index contributed by atoms with van der Waals surface area (Å²) < 4.78 is 0. The second-order valence-electron chi connectivity index (χ2n) is 5.85. The maximum Gasteiger partial charge on any atom is 0.189 e. The van der Waals surface area contributed by atoms with Crippen LogP contribution in [0.25, 0.3) is 6.08 Å². The number of aromatic hydroxyl groups is 2. The van der Waals surface area contributed by atoms with Crippen molar-refractivity contribution in [2.75, 3.05) is 0 Å². The van der Waals surface area contributed by atoms with Gasteiger partial charge in [0.1, 0.15) is 0 Å². The average Bonchev–Trinajstić information content (AvgIpc) is 2.46. The summed E-state index contributed by atoms with van der Waals surface area (Å²) in [7, 11) is 0. The number of allylic oxidation sites excluding steroid dienone is 1. The number of phenolic OH excluding ortho intramolecular Hbond substituents is 2. The Balaban J connectivity index is 2.02. The van der Waals surface area contributed by atoms with Crippen LogP contribution in [0.2, 0.25) is 0 Å². The molecular formula is C19H18O3. The number of ketones is 1. The van der Waals surface area contributed by atoms with Crippen LogP contribution >= 0.6 is 0 Å². The zero-order chi connectivity index (χ0) is 15.9. The maximum absolute atomic E-state index is 12.7. The fourth-order valence-corrected chi connectivity index (χ4v) is 3.05. The Morgan fingerprint density at radius 2 is 1.77 bits per heavy atom. The van der Waals surface area contributed by atoms with Gasteiger partial charge in [0.2, 0.25) is 0 Å². The first kappa shape index (κ1) is 14.4. The molecule has 3 rings (SSSR count). The van der Waals surface area contributed by atoms with Crippen molar-refractivity contribution >= 4 is 11.9 Å². The van der Waals surface area contributed by atoms with E-state index in [0.29, 0.717) is 12.0 Å². The molecule has 0 radical (unpaired) electrons. The van der Waals surface area contributed by atoms with Gasteiger partial charge in [-0.1, -0.05) is 17.7 Å². The minimum Gasteiger partial charge on any atom is -0.504 e. The Bertz CT molecular complexity index is 801. The first-order valence-electron chi connectivity index (χ1n) is 7.33. The summed E-state index contributed by atoms with van der Waals surface area (Å²) in [4.78, 5) is 12.7. The van der Waals surface area contributed by atoms with Crippen LogP contribution in [0.3, 0.4) is 0 Å². The summed E-state index contributed by atoms with van der Waals surface area (Å²) in [5, 5.41) is 18.9. The van der Waals surface area contributed by atoms with E-state index in [1.165, 1.54) is 17.7 Å². The van der Waals surface area contributed by atoms with Gasteiger partial charge in [-0.05, 0) is 67.7 Å². The van der Waals surface area contributed by atoms with Gasteiger partial charge in [0, 0.05) is 11.1 Å². The molecule has 0 fully saturated rings. The summed E-state index contributed by atoms with van der Waals surface area (Å²) in [6, 6.07) is 8.64. The van der Waals surface area contributed by atoms with E-state index in [0.717, 1.165) is 28.7 Å². The Kier molecular flexibility index (Phi) is 3.49. The number of Topliss-reactive ketones (excluding diaryl/α,β-unsaturated/α-hetero) is 1. The standard InChI is InChI=1S/C19H18O3/c1-11-7-12(2)15-5-4-14(19(22)16(15)8-11)9-13-3-6-17(20)18(21)10-13/h3,6-10,20-21H,4-5H2,1-2H3/b14-9-. The van der Waals surface area contributed by atoms with E-state index < -0.39 is 0 Å². The molecule has 0 aliphatic heterocycles. The molecule has 0 saturated heterocycles. The summed E-state index contributed by atoms with van der Waals surface area (Å²) in [5.74, 6) is -0.279. The van der Waals surface area contributed by atoms with E-state index in [1.807, 2.05) is 19.9 Å². The number of carbonyl (C=O) groups is 1. The summed E-state index contributed by atoms with van der Waals surface area (Å²) in [5.41, 5.74) is 5.64. The van der Waals surface area contributed by atoms with E-state index in [1.54, 1.807) is 12.1 Å². The van der Waals surface area contributed by atoms with Crippen molar-refractivity contribution < 1.29 is 15.0 Å². The van der Waals surface area contributed by atoms with E-state index in [9.17, 15) is 15.0 Å². The lowest BCUT2D eigenvalue weighted by Crippen LogP contribution is -2.15. The van der Waals surface area contributed by atoms with Crippen LogP contribution in [0.1, 0.15) is 39.0 Å². The number of phenols is 2. The minimum atomic E-state index is -0.176. The molecule has 0 unspecified atom stereocenters. The number of carbonyl (C=O) groups excluding carboxylic acids is 1. The van der Waals surface area contributed by atoms with Crippen molar-refractivity contribution in [2.24, 2.45) is 0 Å². The van der Waals surface area contributed by atoms with Crippen LogP contribution in [0.15, 0.2) is 35.9 Å². The Hall–Kier alpha value is -2.55. The number of benzene rings is 2. The van der Waals surface area contributed by atoms with Crippen molar-refractivity contribution in [2.45, 2.75) is 26.7 Å². The lowest BCUT2D eigenvalue weighted by molar-refractivity contribution is 0.102. The Morgan fingerprint density at radius 1 is 1.00 bits per heavy atom. The van der Waals surface area contributed by atoms with Crippen LogP contribution in [0, 0.1) is 13.8 Å². The molecule has 3 heteroatoms. The normalized spacial score (nSPS) is 15.9. The SMILES string of the molecule is Cc1cc(C)c2c(c1)C(=O)/C(=C\c1ccc(O)c(O)c1)CC2. The predicted octanol–water partition coefficient (Wildman–Crippen LogP) is 3.93. The molecule has 0 spiro atoms. The number of fused-ring (bicyclic) bond motifs is 1. The Morgan fingerprint density at radius 3 is 2.50 bits per heavy atom. The third-order valence-electron chi connectivity index (χ3n) is 4.14. The molecule has 0 bridgehead atoms. The summed E-state index contributed by atoms with van der Waals surface area (Å²) >= 11 is 0. The van der Waals surface area contributed by atoms with Gasteiger partial charge in [-0.15, -0.1) is 0 Å². The third-order valence-corrected chi connectivity index (χ3v) is 4.14. The Labute approximate surface area is 129 Å². The number of hydrogen-bond acceptors (Lipinski definition) is 3. The lowest BCUT2D eigenvalue weighted by Gasteiger charge is -2.20. The zero-order valence-electron chi connectivity index (χ0n) is 12.7. The van der Waals surface area contributed by atoms with Crippen molar-refractivity contribution in [3.8, 4) is 11.5 Å². The summed E-state index contributed by atoms with van der Waals surface area (Å²) in [6.07, 6.45) is 3.34. The highest BCUT2D eigenvalue weighted by Crippen LogP contribution is 2.31. The minimum absolute atomic E-state index is 0.0561. The van der Waals surface area contributed by atoms with Gasteiger partial charge in [-0.2, -0.15) is 0 Å². The molecule has 2 aromatic carbocycles. The highest BCUT2D eigenvalue weighted by Gasteiger charge is 2.23. The number of hydrogen-bond donors (Lipinski definition) is 2. The fourth-order valence-electron chi connectivity index (χ4n) is 3.05. The van der Waals surface area contributed by atoms with Gasteiger partial charge < -0.3 is 10.2 Å². The molecule has 2 aromatic rings. The second-order valence-corrected chi connectivity index (χ2v) is 5.85. The van der Waals surface area contributed by atoms with E-state index in [2.05, 4.69) is 6.07 Å². The molecule has 0 saturated carbocycles. The summed E-state index contributed by atoms with van der Waals surface area (Å²) in [6.45, 7) is 4.04. The molecule has 0 aromatic heterocycles. The van der Waals surface area contributed by atoms with Crippen molar-refractivity contribution in [3.63, 3.8) is 0 Å². The van der Waals surface area contributed by atoms with E-state index in [-0.39, 0.29) is 17.3 Å². The molecular weight excluding hydrogens is 276 g/mol. The van der Waals surface area contributed by atoms with Crippen molar-refractivity contribution in [1.29, 1.82) is 0 Å². The van der Waals surface area contributed by atoms with Gasteiger partial charge in [0.05, 0.1) is 0 Å². The molecule has 22 heavy (non-hydrogen) atoms. The molecule has 0 heterocycles. The maximum atomic E-state index is 12.7. The van der Waals surface area contributed by atoms with Crippen LogP contribution in [-0.2, 0) is 6.42 Å². The topological polar surface area (TPSA) is 57.5 Å². The molecule has 2 N–H and O–H groups in total. The molecule has 0 amide bonds. The van der Waals surface area contributed by atoms with Crippen molar-refractivity contribution in [3.05, 3.63) is 63.7 Å². The quantitative estimate of drug-likeness (QED) is 0.619. The van der Waals surface area contributed by atoms with Gasteiger partial charge in [0.25, 0.3) is 0 Å². The molecule has 112 valence electrons. The van der Waals surface area contributed by atoms with Crippen LogP contribution in [-0.4, -0.2) is 16.0 Å². The van der Waals surface area contributed by atoms with Crippen LogP contribution in [0.4, 0.5) is 0 Å². The smallest absolute Gasteiger partial charge is 0.189 e. The van der Waals surface area contributed by atoms with Crippen LogP contribution < -0.4 is 0 Å². The average molecular weight is 294 g/mol. The molecule has 1 aliphatic carbocycles. The monoisotopic (exact) mass is 294 g/mol. The molecule has 3 nitrogen and oxygen atoms in total. The van der Waals surface area contributed by atoms with E-state index >= 15 is 0 Å². The van der Waals surface area contributed by atoms with Crippen molar-refractivity contribution in [1.82, 2.24) is 0 Å². The fraction of sp³-hybridized carbons (Fsp3) is 0.211. The highest BCUT2D eigenvalue weighted by molar-refractivity contribution is 6.13. The van der Waals surface area contributed by atoms with Gasteiger partial charge in [0.15, 0.2) is 17.3 Å². The largest absolute Gasteiger partial charge is 0.504 e. The van der Waals surface area contributed by atoms with Crippen LogP contribution in [0.5, 0.6) is 11.5 Å². The van der Waals surface area contributed by atoms with E-state index in [4.69, 9.17) is 0 Å². The van der Waals surface area contributed by atoms with Gasteiger partial charge in [-0.3, -0.25) is 4.79 Å². The second kappa shape index (κ2) is 5.34. The lowest BCUT2D eigenvalue weighted by atomic mass is 9.83. The zero-order valence-corrected chi connectivity index (χ0v) is 12.7. The van der Waals surface area contributed by atoms with Gasteiger partial charge >= 0.3 is 0 Å². The molecule has 0 atom stereocenters. The first-order chi connectivity index (χ1) is 10.5. The number of aryl methyl sites for hydroxylation is 2. The number of rotatable bonds is 1. The third kappa shape index (κ3) is 2.50. The first-order valence-corrected chi connectivity index (χ1v) is 7.33. The molecule has 1 aliphatic rings.